The molecule has 0 spiro atoms. The van der Waals surface area contributed by atoms with Crippen molar-refractivity contribution in [3.05, 3.63) is 0 Å². The molecule has 3 N–H and O–H groups in total. The smallest absolute Gasteiger partial charge is 0.317 e. The van der Waals surface area contributed by atoms with Crippen molar-refractivity contribution in [2.45, 2.75) is 25.8 Å². The summed E-state index contributed by atoms with van der Waals surface area (Å²) in [5, 5.41) is 8.72. The van der Waals surface area contributed by atoms with Crippen LogP contribution in [-0.2, 0) is 9.59 Å². The van der Waals surface area contributed by atoms with Gasteiger partial charge in [0.05, 0.1) is 12.6 Å². The third-order valence-corrected chi connectivity index (χ3v) is 3.02. The summed E-state index contributed by atoms with van der Waals surface area (Å²) in [6, 6.07) is -0.430. The average molecular weight is 243 g/mol. The van der Waals surface area contributed by atoms with Crippen molar-refractivity contribution in [1.82, 2.24) is 9.80 Å². The van der Waals surface area contributed by atoms with Crippen molar-refractivity contribution < 1.29 is 14.7 Å². The van der Waals surface area contributed by atoms with E-state index < -0.39 is 12.0 Å². The number of rotatable bonds is 4. The number of carbonyl (C=O) groups excluding carboxylic acids is 1. The van der Waals surface area contributed by atoms with E-state index in [1.165, 1.54) is 0 Å². The van der Waals surface area contributed by atoms with Crippen LogP contribution in [0.4, 0.5) is 0 Å². The van der Waals surface area contributed by atoms with Crippen LogP contribution in [0.1, 0.15) is 19.8 Å². The lowest BCUT2D eigenvalue weighted by Crippen LogP contribution is -2.45. The molecule has 1 fully saturated rings. The van der Waals surface area contributed by atoms with Gasteiger partial charge in [-0.25, -0.2) is 0 Å². The molecule has 98 valence electrons. The number of carbonyl (C=O) groups is 2. The fourth-order valence-corrected chi connectivity index (χ4v) is 1.95. The Kier molecular flexibility index (Phi) is 5.37. The number of amides is 1. The normalized spacial score (nSPS) is 19.8. The first kappa shape index (κ1) is 13.9. The molecule has 1 aliphatic rings. The molecule has 0 saturated carbocycles. The second kappa shape index (κ2) is 6.56. The molecule has 1 saturated heterocycles. The van der Waals surface area contributed by atoms with E-state index in [0.29, 0.717) is 26.1 Å². The van der Waals surface area contributed by atoms with Gasteiger partial charge in [0, 0.05) is 26.2 Å². The number of hydrogen-bond acceptors (Lipinski definition) is 4. The molecule has 0 aromatic carbocycles. The van der Waals surface area contributed by atoms with Crippen molar-refractivity contribution in [3.8, 4) is 0 Å². The van der Waals surface area contributed by atoms with Gasteiger partial charge < -0.3 is 15.7 Å². The lowest BCUT2D eigenvalue weighted by molar-refractivity contribution is -0.138. The van der Waals surface area contributed by atoms with Gasteiger partial charge in [-0.15, -0.1) is 0 Å². The second-order valence-corrected chi connectivity index (χ2v) is 4.36. The number of carboxylic acid groups (broad SMARTS) is 1. The fraction of sp³-hybridized carbons (Fsp3) is 0.818. The number of aliphatic carboxylic acids is 1. The van der Waals surface area contributed by atoms with Crippen LogP contribution in [-0.4, -0.2) is 65.5 Å². The topological polar surface area (TPSA) is 86.9 Å². The van der Waals surface area contributed by atoms with Crippen molar-refractivity contribution >= 4 is 11.9 Å². The van der Waals surface area contributed by atoms with Gasteiger partial charge in [0.15, 0.2) is 0 Å². The molecular weight excluding hydrogens is 222 g/mol. The van der Waals surface area contributed by atoms with Crippen molar-refractivity contribution in [3.63, 3.8) is 0 Å². The lowest BCUT2D eigenvalue weighted by atomic mass is 10.2. The third kappa shape index (κ3) is 4.32. The van der Waals surface area contributed by atoms with Crippen LogP contribution in [0.15, 0.2) is 0 Å². The Hall–Kier alpha value is -1.14. The first-order valence-corrected chi connectivity index (χ1v) is 6.03. The SMILES string of the molecule is CC[C@H](N)C(=O)N1CCCN(CC(=O)O)CC1. The summed E-state index contributed by atoms with van der Waals surface area (Å²) in [7, 11) is 0. The van der Waals surface area contributed by atoms with Crippen molar-refractivity contribution in [1.29, 1.82) is 0 Å². The summed E-state index contributed by atoms with van der Waals surface area (Å²) in [5.74, 6) is -0.847. The van der Waals surface area contributed by atoms with E-state index >= 15 is 0 Å². The molecule has 1 atom stereocenters. The Bertz CT molecular complexity index is 283. The van der Waals surface area contributed by atoms with Crippen molar-refractivity contribution in [2.24, 2.45) is 5.73 Å². The van der Waals surface area contributed by atoms with E-state index in [2.05, 4.69) is 0 Å². The molecule has 0 radical (unpaired) electrons. The molecule has 17 heavy (non-hydrogen) atoms. The Labute approximate surface area is 101 Å². The minimum Gasteiger partial charge on any atom is -0.480 e. The number of nitrogens with zero attached hydrogens (tertiary/aromatic N) is 2. The van der Waals surface area contributed by atoms with Gasteiger partial charge in [0.1, 0.15) is 0 Å². The zero-order valence-corrected chi connectivity index (χ0v) is 10.3. The number of carboxylic acids is 1. The summed E-state index contributed by atoms with van der Waals surface area (Å²) in [5.41, 5.74) is 5.71. The van der Waals surface area contributed by atoms with E-state index in [4.69, 9.17) is 10.8 Å². The summed E-state index contributed by atoms with van der Waals surface area (Å²) in [4.78, 5) is 26.1. The zero-order valence-electron chi connectivity index (χ0n) is 10.3. The van der Waals surface area contributed by atoms with Crippen LogP contribution < -0.4 is 5.73 Å². The van der Waals surface area contributed by atoms with Crippen LogP contribution in [0.2, 0.25) is 0 Å². The molecule has 0 aliphatic carbocycles. The van der Waals surface area contributed by atoms with Gasteiger partial charge in [-0.1, -0.05) is 6.92 Å². The average Bonchev–Trinajstić information content (AvgIpc) is 2.52. The van der Waals surface area contributed by atoms with Crippen LogP contribution in [0.3, 0.4) is 0 Å². The largest absolute Gasteiger partial charge is 0.480 e. The van der Waals surface area contributed by atoms with Gasteiger partial charge >= 0.3 is 5.97 Å². The monoisotopic (exact) mass is 243 g/mol. The molecule has 0 aromatic rings. The Morgan fingerprint density at radius 1 is 1.29 bits per heavy atom. The quantitative estimate of drug-likeness (QED) is 0.684. The van der Waals surface area contributed by atoms with Gasteiger partial charge in [-0.05, 0) is 12.8 Å². The number of hydrogen-bond donors (Lipinski definition) is 2. The predicted molar refractivity (Wildman–Crippen MR) is 63.5 cm³/mol. The second-order valence-electron chi connectivity index (χ2n) is 4.36. The van der Waals surface area contributed by atoms with Crippen molar-refractivity contribution in [2.75, 3.05) is 32.7 Å². The fourth-order valence-electron chi connectivity index (χ4n) is 1.95. The number of nitrogens with two attached hydrogens (primary N) is 1. The van der Waals surface area contributed by atoms with Gasteiger partial charge in [0.2, 0.25) is 5.91 Å². The molecular formula is C11H21N3O3. The van der Waals surface area contributed by atoms with E-state index in [1.807, 2.05) is 11.8 Å². The maximum absolute atomic E-state index is 11.9. The zero-order chi connectivity index (χ0) is 12.8. The maximum atomic E-state index is 11.9. The minimum absolute atomic E-state index is 0.0234. The van der Waals surface area contributed by atoms with E-state index in [0.717, 1.165) is 13.0 Å². The van der Waals surface area contributed by atoms with Gasteiger partial charge in [0.25, 0.3) is 0 Å². The molecule has 1 rings (SSSR count). The summed E-state index contributed by atoms with van der Waals surface area (Å²) < 4.78 is 0. The molecule has 1 amide bonds. The molecule has 6 nitrogen and oxygen atoms in total. The minimum atomic E-state index is -0.824. The molecule has 0 unspecified atom stereocenters. The van der Waals surface area contributed by atoms with Gasteiger partial charge in [-0.2, -0.15) is 0 Å². The van der Waals surface area contributed by atoms with E-state index in [-0.39, 0.29) is 12.5 Å². The summed E-state index contributed by atoms with van der Waals surface area (Å²) in [6.07, 6.45) is 1.43. The predicted octanol–water partition coefficient (Wildman–Crippen LogP) is -0.657. The highest BCUT2D eigenvalue weighted by atomic mass is 16.4. The summed E-state index contributed by atoms with van der Waals surface area (Å²) >= 11 is 0. The Morgan fingerprint density at radius 2 is 2.00 bits per heavy atom. The van der Waals surface area contributed by atoms with E-state index in [9.17, 15) is 9.59 Å². The third-order valence-electron chi connectivity index (χ3n) is 3.02. The molecule has 6 heteroatoms. The Morgan fingerprint density at radius 3 is 2.59 bits per heavy atom. The van der Waals surface area contributed by atoms with Gasteiger partial charge in [-0.3, -0.25) is 14.5 Å². The van der Waals surface area contributed by atoms with Crippen LogP contribution in [0, 0.1) is 0 Å². The molecule has 1 aliphatic heterocycles. The highest BCUT2D eigenvalue weighted by Crippen LogP contribution is 2.05. The van der Waals surface area contributed by atoms with Crippen LogP contribution in [0.5, 0.6) is 0 Å². The highest BCUT2D eigenvalue weighted by Gasteiger charge is 2.23. The highest BCUT2D eigenvalue weighted by molar-refractivity contribution is 5.81. The van der Waals surface area contributed by atoms with E-state index in [1.54, 1.807) is 4.90 Å². The first-order chi connectivity index (χ1) is 8.04. The Balaban J connectivity index is 2.47. The summed E-state index contributed by atoms with van der Waals surface area (Å²) in [6.45, 7) is 4.49. The molecule has 1 heterocycles. The lowest BCUT2D eigenvalue weighted by Gasteiger charge is -2.23. The first-order valence-electron chi connectivity index (χ1n) is 6.03. The van der Waals surface area contributed by atoms with Crippen LogP contribution >= 0.6 is 0 Å². The standard InChI is InChI=1S/C11H21N3O3/c1-2-9(12)11(17)14-5-3-4-13(6-7-14)8-10(15)16/h9H,2-8,12H2,1H3,(H,15,16)/t9-/m0/s1. The maximum Gasteiger partial charge on any atom is 0.317 e. The van der Waals surface area contributed by atoms with Crippen LogP contribution in [0.25, 0.3) is 0 Å². The molecule has 0 aromatic heterocycles. The molecule has 0 bridgehead atoms.